The zero-order chi connectivity index (χ0) is 16.7. The van der Waals surface area contributed by atoms with Gasteiger partial charge in [0.25, 0.3) is 5.91 Å². The lowest BCUT2D eigenvalue weighted by atomic mass is 10.1. The predicted octanol–water partition coefficient (Wildman–Crippen LogP) is -0.0422. The molecule has 4 rings (SSSR count). The van der Waals surface area contributed by atoms with Gasteiger partial charge in [-0.3, -0.25) is 9.59 Å². The molecule has 130 valence electrons. The summed E-state index contributed by atoms with van der Waals surface area (Å²) < 4.78 is 1.89. The molecular weight excluding hydrogens is 308 g/mol. The molecule has 8 nitrogen and oxygen atoms in total. The van der Waals surface area contributed by atoms with E-state index in [9.17, 15) is 9.59 Å². The Morgan fingerprint density at radius 3 is 2.54 bits per heavy atom. The van der Waals surface area contributed by atoms with Gasteiger partial charge in [0.15, 0.2) is 5.69 Å². The maximum absolute atomic E-state index is 12.8. The second-order valence-electron chi connectivity index (χ2n) is 6.99. The molecule has 3 heterocycles. The fourth-order valence-electron chi connectivity index (χ4n) is 3.72. The summed E-state index contributed by atoms with van der Waals surface area (Å²) in [5.74, 6) is -0.114. The van der Waals surface area contributed by atoms with Crippen molar-refractivity contribution >= 4 is 11.8 Å². The number of piperidine rings is 1. The Hall–Kier alpha value is -1.96. The van der Waals surface area contributed by atoms with Crippen LogP contribution in [0, 0.1) is 6.92 Å². The Morgan fingerprint density at radius 2 is 1.88 bits per heavy atom. The molecule has 0 atom stereocenters. The lowest BCUT2D eigenvalue weighted by Gasteiger charge is -2.34. The number of piperazine rings is 1. The highest BCUT2D eigenvalue weighted by Gasteiger charge is 2.37. The number of hydrogen-bond donors (Lipinski definition) is 1. The molecule has 0 unspecified atom stereocenters. The van der Waals surface area contributed by atoms with Gasteiger partial charge in [0.2, 0.25) is 5.91 Å². The van der Waals surface area contributed by atoms with Crippen molar-refractivity contribution in [1.29, 1.82) is 0 Å². The SMILES string of the molecule is Cc1c(C(=O)N2CCN(C3CC3)C(=O)C2)nnn1C1CCNCC1. The lowest BCUT2D eigenvalue weighted by molar-refractivity contribution is -0.135. The van der Waals surface area contributed by atoms with E-state index >= 15 is 0 Å². The average molecular weight is 332 g/mol. The molecule has 1 aliphatic carbocycles. The first-order chi connectivity index (χ1) is 11.6. The number of aromatic nitrogens is 3. The van der Waals surface area contributed by atoms with Crippen LogP contribution in [-0.2, 0) is 4.79 Å². The molecule has 2 saturated heterocycles. The van der Waals surface area contributed by atoms with Gasteiger partial charge >= 0.3 is 0 Å². The smallest absolute Gasteiger partial charge is 0.276 e. The molecule has 1 aromatic rings. The van der Waals surface area contributed by atoms with Crippen molar-refractivity contribution in [3.05, 3.63) is 11.4 Å². The predicted molar refractivity (Wildman–Crippen MR) is 86.5 cm³/mol. The van der Waals surface area contributed by atoms with E-state index in [4.69, 9.17) is 0 Å². The van der Waals surface area contributed by atoms with Crippen molar-refractivity contribution in [3.8, 4) is 0 Å². The van der Waals surface area contributed by atoms with E-state index < -0.39 is 0 Å². The molecule has 3 fully saturated rings. The van der Waals surface area contributed by atoms with E-state index in [0.29, 0.717) is 30.9 Å². The minimum atomic E-state index is -0.170. The quantitative estimate of drug-likeness (QED) is 0.840. The Balaban J connectivity index is 1.46. The summed E-state index contributed by atoms with van der Waals surface area (Å²) >= 11 is 0. The summed E-state index contributed by atoms with van der Waals surface area (Å²) in [6.07, 6.45) is 4.19. The van der Waals surface area contributed by atoms with Gasteiger partial charge in [0.05, 0.1) is 11.7 Å². The van der Waals surface area contributed by atoms with Gasteiger partial charge in [-0.15, -0.1) is 5.10 Å². The van der Waals surface area contributed by atoms with Gasteiger partial charge in [-0.25, -0.2) is 4.68 Å². The topological polar surface area (TPSA) is 83.4 Å². The number of carbonyl (C=O) groups excluding carboxylic acids is 2. The minimum absolute atomic E-state index is 0.0560. The number of amides is 2. The highest BCUT2D eigenvalue weighted by Crippen LogP contribution is 2.28. The Morgan fingerprint density at radius 1 is 1.12 bits per heavy atom. The summed E-state index contributed by atoms with van der Waals surface area (Å²) in [7, 11) is 0. The summed E-state index contributed by atoms with van der Waals surface area (Å²) in [6, 6.07) is 0.714. The van der Waals surface area contributed by atoms with Crippen molar-refractivity contribution < 1.29 is 9.59 Å². The number of carbonyl (C=O) groups is 2. The van der Waals surface area contributed by atoms with Gasteiger partial charge in [-0.05, 0) is 45.7 Å². The first-order valence-corrected chi connectivity index (χ1v) is 8.86. The van der Waals surface area contributed by atoms with Crippen LogP contribution < -0.4 is 5.32 Å². The maximum Gasteiger partial charge on any atom is 0.276 e. The molecular formula is C16H24N6O2. The van der Waals surface area contributed by atoms with Crippen molar-refractivity contribution in [1.82, 2.24) is 30.1 Å². The molecule has 0 spiro atoms. The van der Waals surface area contributed by atoms with E-state index in [1.807, 2.05) is 16.5 Å². The van der Waals surface area contributed by atoms with Crippen molar-refractivity contribution in [2.24, 2.45) is 0 Å². The first kappa shape index (κ1) is 15.6. The van der Waals surface area contributed by atoms with Crippen molar-refractivity contribution in [2.45, 2.75) is 44.7 Å². The standard InChI is InChI=1S/C16H24N6O2/c1-11-15(18-19-22(11)13-4-6-17-7-5-13)16(24)20-8-9-21(12-2-3-12)14(23)10-20/h12-13,17H,2-10H2,1H3. The van der Waals surface area contributed by atoms with Crippen LogP contribution in [0.15, 0.2) is 0 Å². The number of hydrogen-bond acceptors (Lipinski definition) is 5. The van der Waals surface area contributed by atoms with Gasteiger partial charge < -0.3 is 15.1 Å². The first-order valence-electron chi connectivity index (χ1n) is 8.86. The average Bonchev–Trinajstić information content (AvgIpc) is 3.37. The van der Waals surface area contributed by atoms with Gasteiger partial charge in [-0.1, -0.05) is 5.21 Å². The van der Waals surface area contributed by atoms with Crippen molar-refractivity contribution in [2.75, 3.05) is 32.7 Å². The van der Waals surface area contributed by atoms with Gasteiger partial charge in [0.1, 0.15) is 6.54 Å². The third-order valence-electron chi connectivity index (χ3n) is 5.32. The summed E-state index contributed by atoms with van der Waals surface area (Å²) in [5.41, 5.74) is 1.20. The molecule has 1 aromatic heterocycles. The zero-order valence-corrected chi connectivity index (χ0v) is 14.1. The molecule has 2 amide bonds. The molecule has 8 heteroatoms. The molecule has 0 bridgehead atoms. The van der Waals surface area contributed by atoms with Crippen LogP contribution in [0.25, 0.3) is 0 Å². The summed E-state index contributed by atoms with van der Waals surface area (Å²) in [4.78, 5) is 28.6. The monoisotopic (exact) mass is 332 g/mol. The second-order valence-corrected chi connectivity index (χ2v) is 6.99. The Bertz CT molecular complexity index is 647. The van der Waals surface area contributed by atoms with Crippen LogP contribution in [0.3, 0.4) is 0 Å². The van der Waals surface area contributed by atoms with E-state index in [2.05, 4.69) is 15.6 Å². The van der Waals surface area contributed by atoms with Crippen LogP contribution in [0.4, 0.5) is 0 Å². The molecule has 0 aromatic carbocycles. The highest BCUT2D eigenvalue weighted by molar-refractivity contribution is 5.96. The van der Waals surface area contributed by atoms with Crippen LogP contribution in [0.1, 0.15) is 47.9 Å². The number of nitrogens with zero attached hydrogens (tertiary/aromatic N) is 5. The molecule has 24 heavy (non-hydrogen) atoms. The fraction of sp³-hybridized carbons (Fsp3) is 0.750. The molecule has 1 saturated carbocycles. The van der Waals surface area contributed by atoms with Crippen LogP contribution in [-0.4, -0.2) is 75.4 Å². The van der Waals surface area contributed by atoms with E-state index in [1.165, 1.54) is 0 Å². The number of nitrogens with one attached hydrogen (secondary N) is 1. The Labute approximate surface area is 141 Å². The number of rotatable bonds is 3. The van der Waals surface area contributed by atoms with Crippen LogP contribution >= 0.6 is 0 Å². The molecule has 0 radical (unpaired) electrons. The fourth-order valence-corrected chi connectivity index (χ4v) is 3.72. The largest absolute Gasteiger partial charge is 0.336 e. The third-order valence-corrected chi connectivity index (χ3v) is 5.32. The molecule has 1 N–H and O–H groups in total. The second kappa shape index (κ2) is 6.16. The van der Waals surface area contributed by atoms with Crippen LogP contribution in [0.5, 0.6) is 0 Å². The van der Waals surface area contributed by atoms with Gasteiger partial charge in [0, 0.05) is 19.1 Å². The van der Waals surface area contributed by atoms with Crippen LogP contribution in [0.2, 0.25) is 0 Å². The molecule has 3 aliphatic rings. The van der Waals surface area contributed by atoms with Gasteiger partial charge in [-0.2, -0.15) is 0 Å². The zero-order valence-electron chi connectivity index (χ0n) is 14.1. The third kappa shape index (κ3) is 2.79. The lowest BCUT2D eigenvalue weighted by Crippen LogP contribution is -2.53. The molecule has 2 aliphatic heterocycles. The summed E-state index contributed by atoms with van der Waals surface area (Å²) in [6.45, 7) is 5.21. The summed E-state index contributed by atoms with van der Waals surface area (Å²) in [5, 5.41) is 11.7. The highest BCUT2D eigenvalue weighted by atomic mass is 16.2. The van der Waals surface area contributed by atoms with Crippen molar-refractivity contribution in [3.63, 3.8) is 0 Å². The van der Waals surface area contributed by atoms with E-state index in [0.717, 1.165) is 44.5 Å². The minimum Gasteiger partial charge on any atom is -0.336 e. The van der Waals surface area contributed by atoms with E-state index in [-0.39, 0.29) is 18.4 Å². The Kier molecular flexibility index (Phi) is 3.99. The maximum atomic E-state index is 12.8. The normalized spacial score (nSPS) is 23.0. The van der Waals surface area contributed by atoms with E-state index in [1.54, 1.807) is 4.90 Å².